The standard InChI is InChI=1S/C16H19FN4O5/c17-9-2-1-3-10(6-9)20-16(26)21-11-4-8(5-12(22)14(11)24)15(25)19-7-13(18)23/h1-4,6,11-12,14,22,24H,5,7H2,(H2,18,23)(H,19,25)(H2,20,21,26)/t11-,12+,14+/m0/s1. The third-order valence-corrected chi connectivity index (χ3v) is 3.67. The third-order valence-electron chi connectivity index (χ3n) is 3.67. The second-order valence-electron chi connectivity index (χ2n) is 5.74. The van der Waals surface area contributed by atoms with Crippen molar-refractivity contribution in [1.29, 1.82) is 0 Å². The Balaban J connectivity index is 2.05. The van der Waals surface area contributed by atoms with Crippen LogP contribution >= 0.6 is 0 Å². The molecule has 10 heteroatoms. The molecule has 7 N–H and O–H groups in total. The summed E-state index contributed by atoms with van der Waals surface area (Å²) < 4.78 is 13.1. The molecular weight excluding hydrogens is 347 g/mol. The Hall–Kier alpha value is -2.98. The van der Waals surface area contributed by atoms with Gasteiger partial charge in [-0.25, -0.2) is 9.18 Å². The second-order valence-corrected chi connectivity index (χ2v) is 5.74. The van der Waals surface area contributed by atoms with E-state index in [0.29, 0.717) is 0 Å². The maximum Gasteiger partial charge on any atom is 0.319 e. The first-order chi connectivity index (χ1) is 12.3. The summed E-state index contributed by atoms with van der Waals surface area (Å²) in [6.45, 7) is -0.382. The van der Waals surface area contributed by atoms with E-state index in [4.69, 9.17) is 5.73 Å². The lowest BCUT2D eigenvalue weighted by atomic mass is 9.90. The highest BCUT2D eigenvalue weighted by Crippen LogP contribution is 2.20. The number of nitrogens with one attached hydrogen (secondary N) is 3. The van der Waals surface area contributed by atoms with Gasteiger partial charge in [-0.1, -0.05) is 12.1 Å². The Morgan fingerprint density at radius 1 is 1.27 bits per heavy atom. The monoisotopic (exact) mass is 366 g/mol. The first-order valence-corrected chi connectivity index (χ1v) is 7.72. The van der Waals surface area contributed by atoms with Gasteiger partial charge in [0.05, 0.1) is 18.7 Å². The minimum absolute atomic E-state index is 0.0834. The molecule has 0 bridgehead atoms. The number of aliphatic hydroxyl groups excluding tert-OH is 2. The number of hydrogen-bond donors (Lipinski definition) is 6. The van der Waals surface area contributed by atoms with Crippen molar-refractivity contribution in [2.24, 2.45) is 5.73 Å². The molecular formula is C16H19FN4O5. The molecule has 4 amide bonds. The van der Waals surface area contributed by atoms with E-state index in [-0.39, 0.29) is 24.2 Å². The van der Waals surface area contributed by atoms with E-state index in [1.165, 1.54) is 24.3 Å². The summed E-state index contributed by atoms with van der Waals surface area (Å²) in [5.74, 6) is -1.92. The molecule has 0 radical (unpaired) electrons. The van der Waals surface area contributed by atoms with Crippen LogP contribution in [-0.2, 0) is 9.59 Å². The van der Waals surface area contributed by atoms with Crippen molar-refractivity contribution in [2.45, 2.75) is 24.7 Å². The molecule has 2 rings (SSSR count). The molecule has 0 unspecified atom stereocenters. The van der Waals surface area contributed by atoms with E-state index in [0.717, 1.165) is 6.07 Å². The van der Waals surface area contributed by atoms with Crippen molar-refractivity contribution in [3.63, 3.8) is 0 Å². The van der Waals surface area contributed by atoms with Crippen molar-refractivity contribution < 1.29 is 29.0 Å². The molecule has 0 heterocycles. The fourth-order valence-corrected chi connectivity index (χ4v) is 2.43. The van der Waals surface area contributed by atoms with Crippen LogP contribution in [0.3, 0.4) is 0 Å². The molecule has 0 saturated carbocycles. The maximum absolute atomic E-state index is 13.1. The summed E-state index contributed by atoms with van der Waals surface area (Å²) in [5, 5.41) is 26.9. The topological polar surface area (TPSA) is 154 Å². The van der Waals surface area contributed by atoms with E-state index in [9.17, 15) is 29.0 Å². The minimum atomic E-state index is -1.35. The number of nitrogens with two attached hydrogens (primary N) is 1. The van der Waals surface area contributed by atoms with Crippen LogP contribution in [0.25, 0.3) is 0 Å². The summed E-state index contributed by atoms with van der Waals surface area (Å²) >= 11 is 0. The molecule has 1 aliphatic carbocycles. The molecule has 0 fully saturated rings. The zero-order valence-electron chi connectivity index (χ0n) is 13.6. The van der Waals surface area contributed by atoms with Gasteiger partial charge in [0, 0.05) is 17.7 Å². The summed E-state index contributed by atoms with van der Waals surface area (Å²) in [7, 11) is 0. The highest BCUT2D eigenvalue weighted by molar-refractivity contribution is 5.96. The Labute approximate surface area is 148 Å². The smallest absolute Gasteiger partial charge is 0.319 e. The van der Waals surface area contributed by atoms with Gasteiger partial charge in [-0.15, -0.1) is 0 Å². The van der Waals surface area contributed by atoms with Crippen molar-refractivity contribution in [3.05, 3.63) is 41.7 Å². The average Bonchev–Trinajstić information content (AvgIpc) is 2.56. The Morgan fingerprint density at radius 2 is 2.00 bits per heavy atom. The first-order valence-electron chi connectivity index (χ1n) is 7.72. The lowest BCUT2D eigenvalue weighted by Gasteiger charge is -2.31. The number of halogens is 1. The number of carbonyl (C=O) groups is 3. The van der Waals surface area contributed by atoms with Gasteiger partial charge in [0.25, 0.3) is 0 Å². The molecule has 0 aromatic heterocycles. The van der Waals surface area contributed by atoms with Crippen LogP contribution in [-0.4, -0.2) is 52.9 Å². The predicted molar refractivity (Wildman–Crippen MR) is 89.3 cm³/mol. The van der Waals surface area contributed by atoms with Crippen LogP contribution in [0.5, 0.6) is 0 Å². The third kappa shape index (κ3) is 5.26. The number of benzene rings is 1. The number of anilines is 1. The van der Waals surface area contributed by atoms with Crippen molar-refractivity contribution in [1.82, 2.24) is 10.6 Å². The van der Waals surface area contributed by atoms with Crippen LogP contribution in [0.2, 0.25) is 0 Å². The van der Waals surface area contributed by atoms with Crippen LogP contribution in [0.15, 0.2) is 35.9 Å². The molecule has 1 aromatic rings. The zero-order valence-corrected chi connectivity index (χ0v) is 13.6. The van der Waals surface area contributed by atoms with E-state index in [2.05, 4.69) is 16.0 Å². The molecule has 1 aromatic carbocycles. The van der Waals surface area contributed by atoms with Gasteiger partial charge in [0.1, 0.15) is 11.9 Å². The van der Waals surface area contributed by atoms with Gasteiger partial charge < -0.3 is 31.9 Å². The highest BCUT2D eigenvalue weighted by atomic mass is 19.1. The number of urea groups is 1. The largest absolute Gasteiger partial charge is 0.390 e. The zero-order chi connectivity index (χ0) is 19.3. The number of amides is 4. The van der Waals surface area contributed by atoms with Gasteiger partial charge in [0.2, 0.25) is 11.8 Å². The normalized spacial score (nSPS) is 22.1. The number of rotatable bonds is 5. The Morgan fingerprint density at radius 3 is 2.65 bits per heavy atom. The fraction of sp³-hybridized carbons (Fsp3) is 0.312. The molecule has 1 aliphatic rings. The van der Waals surface area contributed by atoms with Crippen LogP contribution in [0, 0.1) is 5.82 Å². The van der Waals surface area contributed by atoms with Crippen LogP contribution in [0.1, 0.15) is 6.42 Å². The quantitative estimate of drug-likeness (QED) is 0.393. The molecule has 26 heavy (non-hydrogen) atoms. The lowest BCUT2D eigenvalue weighted by molar-refractivity contribution is -0.123. The van der Waals surface area contributed by atoms with Crippen LogP contribution in [0.4, 0.5) is 14.9 Å². The van der Waals surface area contributed by atoms with E-state index in [1.807, 2.05) is 0 Å². The minimum Gasteiger partial charge on any atom is -0.390 e. The van der Waals surface area contributed by atoms with Gasteiger partial charge in [-0.2, -0.15) is 0 Å². The summed E-state index contributed by atoms with van der Waals surface area (Å²) in [6, 6.07) is 3.36. The number of hydrogen-bond acceptors (Lipinski definition) is 5. The van der Waals surface area contributed by atoms with Crippen molar-refractivity contribution in [3.8, 4) is 0 Å². The summed E-state index contributed by atoms with van der Waals surface area (Å²) in [6.07, 6.45) is -1.52. The molecule has 0 aliphatic heterocycles. The molecule has 9 nitrogen and oxygen atoms in total. The summed E-state index contributed by atoms with van der Waals surface area (Å²) in [4.78, 5) is 34.7. The lowest BCUT2D eigenvalue weighted by Crippen LogP contribution is -2.52. The molecule has 0 spiro atoms. The maximum atomic E-state index is 13.1. The van der Waals surface area contributed by atoms with Gasteiger partial charge in [-0.05, 0) is 18.2 Å². The van der Waals surface area contributed by atoms with E-state index < -0.39 is 41.9 Å². The van der Waals surface area contributed by atoms with Gasteiger partial charge >= 0.3 is 6.03 Å². The van der Waals surface area contributed by atoms with Gasteiger partial charge in [0.15, 0.2) is 0 Å². The van der Waals surface area contributed by atoms with Crippen LogP contribution < -0.4 is 21.7 Å². The SMILES string of the molecule is NC(=O)CNC(=O)C1=C[C@H](NC(=O)Nc2cccc(F)c2)[C@@H](O)[C@H](O)C1. The Kier molecular flexibility index (Phi) is 6.26. The summed E-state index contributed by atoms with van der Waals surface area (Å²) in [5.41, 5.74) is 5.22. The molecule has 0 saturated heterocycles. The first kappa shape index (κ1) is 19.3. The average molecular weight is 366 g/mol. The number of primary amides is 1. The fourth-order valence-electron chi connectivity index (χ4n) is 2.43. The van der Waals surface area contributed by atoms with Crippen molar-refractivity contribution >= 4 is 23.5 Å². The van der Waals surface area contributed by atoms with Gasteiger partial charge in [-0.3, -0.25) is 9.59 Å². The van der Waals surface area contributed by atoms with E-state index in [1.54, 1.807) is 0 Å². The number of aliphatic hydroxyl groups is 2. The number of carbonyl (C=O) groups excluding carboxylic acids is 3. The highest BCUT2D eigenvalue weighted by Gasteiger charge is 2.33. The predicted octanol–water partition coefficient (Wildman–Crippen LogP) is -1.03. The van der Waals surface area contributed by atoms with E-state index >= 15 is 0 Å². The Bertz CT molecular complexity index is 739. The van der Waals surface area contributed by atoms with Crippen molar-refractivity contribution in [2.75, 3.05) is 11.9 Å². The molecule has 3 atom stereocenters. The molecule has 140 valence electrons. The second kappa shape index (κ2) is 8.41.